The van der Waals surface area contributed by atoms with Crippen molar-refractivity contribution in [2.24, 2.45) is 0 Å². The molecule has 0 spiro atoms. The largest absolute Gasteiger partial charge is 0.345 e. The topological polar surface area (TPSA) is 12.9 Å². The molecule has 0 aliphatic heterocycles. The molecule has 4 rings (SSSR count). The normalized spacial score (nSPS) is 9.38. The van der Waals surface area contributed by atoms with E-state index in [9.17, 15) is 0 Å². The minimum Gasteiger partial charge on any atom is -0.345 e. The first-order valence-electron chi connectivity index (χ1n) is 7.96. The summed E-state index contributed by atoms with van der Waals surface area (Å²) < 4.78 is 1.20. The second kappa shape index (κ2) is 10.7. The Balaban J connectivity index is 0.000000258. The summed E-state index contributed by atoms with van der Waals surface area (Å²) in [6, 6.07) is 38.2. The Morgan fingerprint density at radius 1 is 0.577 bits per heavy atom. The van der Waals surface area contributed by atoms with Gasteiger partial charge in [-0.2, -0.15) is 0 Å². The number of benzene rings is 3. The van der Waals surface area contributed by atoms with Crippen molar-refractivity contribution >= 4 is 20.5 Å². The van der Waals surface area contributed by atoms with E-state index in [1.807, 2.05) is 97.1 Å². The van der Waals surface area contributed by atoms with Crippen LogP contribution in [0.1, 0.15) is 0 Å². The molecule has 0 saturated heterocycles. The maximum absolute atomic E-state index is 4.65. The fourth-order valence-corrected chi connectivity index (χ4v) is 2.59. The number of pyridine rings is 1. The quantitative estimate of drug-likeness (QED) is 0.328. The molecular weight excluding hydrogens is 428 g/mol. The van der Waals surface area contributed by atoms with Gasteiger partial charge in [0.2, 0.25) is 0 Å². The van der Waals surface area contributed by atoms with Crippen LogP contribution >= 0.6 is 0 Å². The van der Waals surface area contributed by atoms with E-state index >= 15 is 0 Å². The minimum absolute atomic E-state index is 0. The Hall–Kier alpha value is -2.18. The fourth-order valence-electron chi connectivity index (χ4n) is 2.26. The predicted octanol–water partition coefficient (Wildman–Crippen LogP) is 4.49. The fraction of sp³-hybridized carbons (Fsp3) is 0. The van der Waals surface area contributed by atoms with Gasteiger partial charge in [-0.05, 0) is 11.4 Å². The molecule has 0 unspecified atom stereocenters. The standard InChI is InChI=1S/C17H11N.C6H5Se.Ni/c1-3-8-14(9-4-1)16-12-7-13-17(18-16)15-10-5-2-6-11-15;7-6-4-2-1-3-5-6;/h1-8,10,12-13H;1-5H;/q-2;;+2. The molecule has 1 nitrogen and oxygen atoms in total. The van der Waals surface area contributed by atoms with Gasteiger partial charge in [0.25, 0.3) is 0 Å². The van der Waals surface area contributed by atoms with E-state index in [0.717, 1.165) is 22.5 Å². The van der Waals surface area contributed by atoms with E-state index in [2.05, 4.69) is 33.1 Å². The van der Waals surface area contributed by atoms with Crippen LogP contribution in [-0.4, -0.2) is 21.0 Å². The molecule has 0 fully saturated rings. The van der Waals surface area contributed by atoms with Crippen molar-refractivity contribution in [3.63, 3.8) is 0 Å². The molecule has 0 bridgehead atoms. The zero-order chi connectivity index (χ0) is 17.3. The Labute approximate surface area is 173 Å². The number of aromatic nitrogens is 1. The van der Waals surface area contributed by atoms with Crippen LogP contribution in [-0.2, 0) is 16.5 Å². The number of nitrogens with zero attached hydrogens (tertiary/aromatic N) is 1. The van der Waals surface area contributed by atoms with Crippen LogP contribution in [0.3, 0.4) is 0 Å². The number of hydrogen-bond donors (Lipinski definition) is 0. The van der Waals surface area contributed by atoms with Crippen molar-refractivity contribution in [3.8, 4) is 22.5 Å². The van der Waals surface area contributed by atoms with Crippen LogP contribution in [0.15, 0.2) is 97.1 Å². The maximum atomic E-state index is 4.65. The summed E-state index contributed by atoms with van der Waals surface area (Å²) in [5.74, 6) is 0. The van der Waals surface area contributed by atoms with Crippen LogP contribution in [0.2, 0.25) is 0 Å². The van der Waals surface area contributed by atoms with Gasteiger partial charge in [-0.15, -0.1) is 71.8 Å². The van der Waals surface area contributed by atoms with Crippen LogP contribution in [0.5, 0.6) is 0 Å². The first-order valence-corrected chi connectivity index (χ1v) is 8.82. The second-order valence-corrected chi connectivity index (χ2v) is 6.26. The second-order valence-electron chi connectivity index (χ2n) is 5.27. The molecule has 1 radical (unpaired) electrons. The van der Waals surface area contributed by atoms with E-state index in [4.69, 9.17) is 0 Å². The first-order chi connectivity index (χ1) is 12.3. The molecule has 0 atom stereocenters. The Morgan fingerprint density at radius 3 is 1.46 bits per heavy atom. The van der Waals surface area contributed by atoms with Crippen molar-refractivity contribution in [1.29, 1.82) is 0 Å². The molecule has 129 valence electrons. The molecule has 0 aliphatic carbocycles. The van der Waals surface area contributed by atoms with Crippen LogP contribution in [0.4, 0.5) is 0 Å². The molecule has 1 heterocycles. The van der Waals surface area contributed by atoms with Crippen molar-refractivity contribution in [2.75, 3.05) is 0 Å². The molecule has 0 amide bonds. The average Bonchev–Trinajstić information content (AvgIpc) is 2.71. The molecule has 0 aliphatic rings. The van der Waals surface area contributed by atoms with Gasteiger partial charge in [0, 0.05) is 0 Å². The van der Waals surface area contributed by atoms with Crippen LogP contribution in [0, 0.1) is 12.1 Å². The molecule has 0 N–H and O–H groups in total. The molecule has 3 heteroatoms. The monoisotopic (exact) mass is 444 g/mol. The zero-order valence-corrected chi connectivity index (χ0v) is 16.6. The van der Waals surface area contributed by atoms with Crippen molar-refractivity contribution in [3.05, 3.63) is 109 Å². The third-order valence-electron chi connectivity index (χ3n) is 3.46. The minimum atomic E-state index is 0. The Bertz CT molecular complexity index is 842. The van der Waals surface area contributed by atoms with E-state index in [0.29, 0.717) is 0 Å². The maximum Gasteiger partial charge on any atom is -0.0227 e. The third kappa shape index (κ3) is 5.97. The SMILES string of the molecule is [Ni+2].[Se]c1ccccc1.[c-]1ccccc1-c1cccc(-c2[c-]cccc2)n1. The summed E-state index contributed by atoms with van der Waals surface area (Å²) in [6.07, 6.45) is 0. The summed E-state index contributed by atoms with van der Waals surface area (Å²) in [5.41, 5.74) is 3.89. The molecular formula is C23H16NNiSe. The van der Waals surface area contributed by atoms with Crippen molar-refractivity contribution in [2.45, 2.75) is 0 Å². The number of hydrogen-bond acceptors (Lipinski definition) is 1. The molecule has 4 aromatic rings. The van der Waals surface area contributed by atoms with Gasteiger partial charge < -0.3 is 4.98 Å². The average molecular weight is 444 g/mol. The number of rotatable bonds is 2. The van der Waals surface area contributed by atoms with Gasteiger partial charge in [-0.25, -0.2) is 0 Å². The van der Waals surface area contributed by atoms with E-state index in [1.165, 1.54) is 4.46 Å². The van der Waals surface area contributed by atoms with E-state index in [1.54, 1.807) is 0 Å². The summed E-state index contributed by atoms with van der Waals surface area (Å²) in [4.78, 5) is 4.65. The van der Waals surface area contributed by atoms with Gasteiger partial charge in [0.05, 0.1) is 0 Å². The summed E-state index contributed by atoms with van der Waals surface area (Å²) in [7, 11) is 0. The molecule has 3 aromatic carbocycles. The van der Waals surface area contributed by atoms with Crippen molar-refractivity contribution < 1.29 is 16.5 Å². The van der Waals surface area contributed by atoms with Gasteiger partial charge in [0.1, 0.15) is 0 Å². The summed E-state index contributed by atoms with van der Waals surface area (Å²) in [6.45, 7) is 0. The van der Waals surface area contributed by atoms with E-state index in [-0.39, 0.29) is 16.5 Å². The molecule has 26 heavy (non-hydrogen) atoms. The Morgan fingerprint density at radius 2 is 1.08 bits per heavy atom. The van der Waals surface area contributed by atoms with Crippen molar-refractivity contribution in [1.82, 2.24) is 4.98 Å². The molecule has 1 aromatic heterocycles. The van der Waals surface area contributed by atoms with Gasteiger partial charge in [0.15, 0.2) is 0 Å². The smallest absolute Gasteiger partial charge is 0.0227 e. The van der Waals surface area contributed by atoms with E-state index < -0.39 is 0 Å². The first kappa shape index (κ1) is 20.1. The van der Waals surface area contributed by atoms with Gasteiger partial charge in [-0.1, -0.05) is 18.2 Å². The summed E-state index contributed by atoms with van der Waals surface area (Å²) >= 11 is 2.90. The summed E-state index contributed by atoms with van der Waals surface area (Å²) in [5, 5.41) is 0. The van der Waals surface area contributed by atoms with Crippen LogP contribution < -0.4 is 4.46 Å². The Kier molecular flexibility index (Phi) is 8.31. The third-order valence-corrected chi connectivity index (χ3v) is 4.03. The zero-order valence-electron chi connectivity index (χ0n) is 13.9. The van der Waals surface area contributed by atoms with Gasteiger partial charge >= 0.3 is 67.3 Å². The van der Waals surface area contributed by atoms with Crippen LogP contribution in [0.25, 0.3) is 22.5 Å². The molecule has 0 saturated carbocycles. The van der Waals surface area contributed by atoms with Gasteiger partial charge in [-0.3, -0.25) is 0 Å². The predicted molar refractivity (Wildman–Crippen MR) is 105 cm³/mol.